The number of hydrogen-bond acceptors (Lipinski definition) is 0. The Kier molecular flexibility index (Phi) is 3.06. The molecule has 0 fully saturated rings. The maximum atomic E-state index is 8.58. The van der Waals surface area contributed by atoms with Gasteiger partial charge < -0.3 is 0 Å². The van der Waals surface area contributed by atoms with Crippen LogP contribution in [0, 0.1) is 6.92 Å². The third-order valence-electron chi connectivity index (χ3n) is 4.69. The third kappa shape index (κ3) is 3.72. The van der Waals surface area contributed by atoms with Crippen LogP contribution < -0.4 is 4.57 Å². The van der Waals surface area contributed by atoms with Gasteiger partial charge in [0.1, 0.15) is 7.05 Å². The van der Waals surface area contributed by atoms with Gasteiger partial charge in [0.2, 0.25) is 5.69 Å². The standard InChI is InChI=1S/C25H30N/c1-17(2)21-13-22(18(3)4)15-23(14-21)20-11-12-25(26(6)16-20)24-10-8-7-9-19(24)5/h7-18H,1-6H3/q+1/i1D3,3D3,17D,18D. The molecule has 2 aromatic carbocycles. The normalized spacial score (nSPS) is 21.4. The first-order valence-corrected chi connectivity index (χ1v) is 8.69. The van der Waals surface area contributed by atoms with E-state index >= 15 is 0 Å². The molecule has 3 rings (SSSR count). The van der Waals surface area contributed by atoms with Crippen LogP contribution >= 0.6 is 0 Å². The van der Waals surface area contributed by atoms with Crippen molar-refractivity contribution in [3.05, 3.63) is 77.5 Å². The summed E-state index contributed by atoms with van der Waals surface area (Å²) in [5, 5.41) is 0. The smallest absolute Gasteiger partial charge is 0.200 e. The SMILES string of the molecule is [2H]C([2H])([2H])C([2H])(C)c1cc(-c2ccc(-c3ccccc3C)[n+](C)c2)cc(C([2H])(C)C([2H])([2H])[2H])c1. The Morgan fingerprint density at radius 3 is 2.12 bits per heavy atom. The average molecular weight is 353 g/mol. The van der Waals surface area contributed by atoms with Gasteiger partial charge >= 0.3 is 0 Å². The Morgan fingerprint density at radius 2 is 1.54 bits per heavy atom. The van der Waals surface area contributed by atoms with E-state index < -0.39 is 25.5 Å². The van der Waals surface area contributed by atoms with Crippen LogP contribution in [0.25, 0.3) is 22.4 Å². The van der Waals surface area contributed by atoms with Gasteiger partial charge in [-0.25, -0.2) is 4.57 Å². The van der Waals surface area contributed by atoms with E-state index in [4.69, 9.17) is 11.0 Å². The second-order valence-electron chi connectivity index (χ2n) is 6.78. The van der Waals surface area contributed by atoms with Crippen LogP contribution in [0.4, 0.5) is 0 Å². The lowest BCUT2D eigenvalue weighted by molar-refractivity contribution is -0.659. The predicted octanol–water partition coefficient (Wildman–Crippen LogP) is 6.40. The summed E-state index contributed by atoms with van der Waals surface area (Å²) in [6, 6.07) is 16.5. The Balaban J connectivity index is 2.24. The lowest BCUT2D eigenvalue weighted by Crippen LogP contribution is -2.30. The molecule has 0 N–H and O–H groups in total. The molecule has 1 heteroatoms. The molecule has 0 amide bonds. The van der Waals surface area contributed by atoms with Crippen molar-refractivity contribution < 1.29 is 15.5 Å². The van der Waals surface area contributed by atoms with Gasteiger partial charge in [-0.3, -0.25) is 0 Å². The van der Waals surface area contributed by atoms with Gasteiger partial charge in [-0.2, -0.15) is 0 Å². The second-order valence-corrected chi connectivity index (χ2v) is 6.78. The van der Waals surface area contributed by atoms with Crippen molar-refractivity contribution in [3.8, 4) is 22.4 Å². The quantitative estimate of drug-likeness (QED) is 0.478. The van der Waals surface area contributed by atoms with Crippen LogP contribution in [0.15, 0.2) is 60.8 Å². The van der Waals surface area contributed by atoms with Crippen molar-refractivity contribution in [1.29, 1.82) is 0 Å². The van der Waals surface area contributed by atoms with Crippen LogP contribution in [0.1, 0.15) is 67.0 Å². The first-order valence-electron chi connectivity index (χ1n) is 12.7. The molecular formula is C25H30N+. The summed E-state index contributed by atoms with van der Waals surface area (Å²) in [7, 11) is 1.91. The Labute approximate surface area is 169 Å². The summed E-state index contributed by atoms with van der Waals surface area (Å²) < 4.78 is 66.3. The number of aryl methyl sites for hydroxylation is 2. The van der Waals surface area contributed by atoms with E-state index in [1.165, 1.54) is 19.9 Å². The van der Waals surface area contributed by atoms with Crippen LogP contribution in [0.2, 0.25) is 0 Å². The molecule has 0 aliphatic carbocycles. The molecule has 1 nitrogen and oxygen atoms in total. The first-order chi connectivity index (χ1) is 15.5. The minimum absolute atomic E-state index is 0.147. The highest BCUT2D eigenvalue weighted by molar-refractivity contribution is 5.67. The molecule has 3 aromatic rings. The first kappa shape index (κ1) is 10.7. The molecule has 26 heavy (non-hydrogen) atoms. The molecule has 2 unspecified atom stereocenters. The number of hydrogen-bond donors (Lipinski definition) is 0. The predicted molar refractivity (Wildman–Crippen MR) is 111 cm³/mol. The van der Waals surface area contributed by atoms with Crippen LogP contribution in [0.3, 0.4) is 0 Å². The molecule has 0 spiro atoms. The van der Waals surface area contributed by atoms with Gasteiger partial charge in [-0.1, -0.05) is 63.9 Å². The molecule has 2 atom stereocenters. The van der Waals surface area contributed by atoms with E-state index in [-0.39, 0.29) is 11.1 Å². The maximum Gasteiger partial charge on any atom is 0.212 e. The van der Waals surface area contributed by atoms with Crippen molar-refractivity contribution in [2.75, 3.05) is 0 Å². The molecule has 0 radical (unpaired) electrons. The molecule has 1 heterocycles. The van der Waals surface area contributed by atoms with Crippen molar-refractivity contribution in [2.45, 2.75) is 46.3 Å². The Hall–Kier alpha value is -2.41. The lowest BCUT2D eigenvalue weighted by Gasteiger charge is -2.14. The van der Waals surface area contributed by atoms with Crippen LogP contribution in [-0.2, 0) is 7.05 Å². The second kappa shape index (κ2) is 7.45. The third-order valence-corrected chi connectivity index (χ3v) is 4.69. The van der Waals surface area contributed by atoms with Crippen LogP contribution in [0.5, 0.6) is 0 Å². The summed E-state index contributed by atoms with van der Waals surface area (Å²) in [5.74, 6) is -3.96. The molecular weight excluding hydrogens is 314 g/mol. The fourth-order valence-corrected chi connectivity index (χ4v) is 3.15. The largest absolute Gasteiger partial charge is 0.212 e. The maximum absolute atomic E-state index is 8.58. The number of aromatic nitrogens is 1. The summed E-state index contributed by atoms with van der Waals surface area (Å²) in [4.78, 5) is 0. The molecule has 0 saturated heterocycles. The van der Waals surface area contributed by atoms with Gasteiger partial charge in [-0.15, -0.1) is 0 Å². The topological polar surface area (TPSA) is 3.88 Å². The van der Waals surface area contributed by atoms with Crippen molar-refractivity contribution in [1.82, 2.24) is 0 Å². The number of nitrogens with zero attached hydrogens (tertiary/aromatic N) is 1. The summed E-state index contributed by atoms with van der Waals surface area (Å²) in [5.41, 5.74) is 4.77. The molecule has 0 aliphatic heterocycles. The highest BCUT2D eigenvalue weighted by atomic mass is 14.9. The van der Waals surface area contributed by atoms with Crippen molar-refractivity contribution >= 4 is 0 Å². The van der Waals surface area contributed by atoms with E-state index in [2.05, 4.69) is 0 Å². The van der Waals surface area contributed by atoms with Gasteiger partial charge in [0.15, 0.2) is 6.20 Å². The van der Waals surface area contributed by atoms with Crippen molar-refractivity contribution in [2.24, 2.45) is 7.05 Å². The molecule has 134 valence electrons. The Morgan fingerprint density at radius 1 is 0.885 bits per heavy atom. The molecule has 1 aromatic heterocycles. The molecule has 0 saturated carbocycles. The molecule has 0 bridgehead atoms. The number of pyridine rings is 1. The lowest BCUT2D eigenvalue weighted by atomic mass is 9.91. The zero-order chi connectivity index (χ0) is 25.7. The van der Waals surface area contributed by atoms with Gasteiger partial charge in [0.25, 0.3) is 0 Å². The zero-order valence-electron chi connectivity index (χ0n) is 23.7. The van der Waals surface area contributed by atoms with Crippen molar-refractivity contribution in [3.63, 3.8) is 0 Å². The van der Waals surface area contributed by atoms with E-state index in [1.54, 1.807) is 12.1 Å². The molecule has 0 aliphatic rings. The van der Waals surface area contributed by atoms with Gasteiger partial charge in [-0.05, 0) is 53.1 Å². The number of rotatable bonds is 4. The van der Waals surface area contributed by atoms with E-state index in [0.717, 1.165) is 22.4 Å². The summed E-state index contributed by atoms with van der Waals surface area (Å²) in [6.45, 7) is -0.657. The van der Waals surface area contributed by atoms with E-state index in [0.29, 0.717) is 5.56 Å². The minimum Gasteiger partial charge on any atom is -0.200 e. The highest BCUT2D eigenvalue weighted by Crippen LogP contribution is 2.29. The fraction of sp³-hybridized carbons (Fsp3) is 0.320. The summed E-state index contributed by atoms with van der Waals surface area (Å²) >= 11 is 0. The van der Waals surface area contributed by atoms with E-state index in [1.807, 2.05) is 61.1 Å². The Bertz CT molecular complexity index is 1160. The minimum atomic E-state index is -2.64. The highest BCUT2D eigenvalue weighted by Gasteiger charge is 2.15. The van der Waals surface area contributed by atoms with Gasteiger partial charge in [0.05, 0.1) is 0 Å². The average Bonchev–Trinajstić information content (AvgIpc) is 2.72. The van der Waals surface area contributed by atoms with Gasteiger partial charge in [0, 0.05) is 28.2 Å². The number of benzene rings is 2. The monoisotopic (exact) mass is 352 g/mol. The zero-order valence-corrected chi connectivity index (χ0v) is 15.7. The fourth-order valence-electron chi connectivity index (χ4n) is 3.15. The van der Waals surface area contributed by atoms with Crippen LogP contribution in [-0.4, -0.2) is 0 Å². The summed E-state index contributed by atoms with van der Waals surface area (Å²) in [6.07, 6.45) is 1.89. The van der Waals surface area contributed by atoms with E-state index in [9.17, 15) is 0 Å².